The Hall–Kier alpha value is -0.853. The van der Waals surface area contributed by atoms with Crippen LogP contribution in [-0.2, 0) is 9.16 Å². The normalized spacial score (nSPS) is 20.6. The number of hydrogen-bond acceptors (Lipinski definition) is 4. The SMILES string of the molecule is COC(=O)N1CC[C@@H](O[Si](C)(C)C(C)(C)C)C=C1CO. The van der Waals surface area contributed by atoms with E-state index in [-0.39, 0.29) is 17.7 Å². The van der Waals surface area contributed by atoms with Crippen LogP contribution >= 0.6 is 0 Å². The molecule has 0 aromatic heterocycles. The molecule has 0 aliphatic carbocycles. The van der Waals surface area contributed by atoms with Crippen LogP contribution in [0.25, 0.3) is 0 Å². The summed E-state index contributed by atoms with van der Waals surface area (Å²) in [6.45, 7) is 11.3. The van der Waals surface area contributed by atoms with E-state index in [0.717, 1.165) is 6.42 Å². The maximum absolute atomic E-state index is 11.6. The summed E-state index contributed by atoms with van der Waals surface area (Å²) in [6.07, 6.45) is 2.10. The molecule has 1 aliphatic rings. The fourth-order valence-electron chi connectivity index (χ4n) is 1.89. The molecule has 1 heterocycles. The van der Waals surface area contributed by atoms with Gasteiger partial charge in [-0.1, -0.05) is 20.8 Å². The monoisotopic (exact) mass is 301 g/mol. The Balaban J connectivity index is 2.84. The van der Waals surface area contributed by atoms with Crippen LogP contribution in [-0.4, -0.2) is 50.8 Å². The number of aliphatic hydroxyl groups is 1. The van der Waals surface area contributed by atoms with Gasteiger partial charge in [0.2, 0.25) is 0 Å². The second-order valence-corrected chi connectivity index (χ2v) is 11.4. The zero-order valence-electron chi connectivity index (χ0n) is 13.4. The van der Waals surface area contributed by atoms with Crippen molar-refractivity contribution in [3.05, 3.63) is 11.8 Å². The third-order valence-corrected chi connectivity index (χ3v) is 8.68. The van der Waals surface area contributed by atoms with Crippen molar-refractivity contribution in [3.63, 3.8) is 0 Å². The number of rotatable bonds is 3. The number of methoxy groups -OCH3 is 1. The Kier molecular flexibility index (Phi) is 5.40. The summed E-state index contributed by atoms with van der Waals surface area (Å²) in [7, 11) is -0.510. The highest BCUT2D eigenvalue weighted by molar-refractivity contribution is 6.74. The van der Waals surface area contributed by atoms with Gasteiger partial charge in [-0.25, -0.2) is 4.79 Å². The summed E-state index contributed by atoms with van der Waals surface area (Å²) in [6, 6.07) is 0. The number of amides is 1. The maximum Gasteiger partial charge on any atom is 0.413 e. The number of hydrogen-bond donors (Lipinski definition) is 1. The molecule has 20 heavy (non-hydrogen) atoms. The highest BCUT2D eigenvalue weighted by Crippen LogP contribution is 2.38. The van der Waals surface area contributed by atoms with Gasteiger partial charge in [0.05, 0.1) is 19.8 Å². The van der Waals surface area contributed by atoms with Crippen molar-refractivity contribution in [2.45, 2.75) is 51.4 Å². The van der Waals surface area contributed by atoms with Gasteiger partial charge in [0.25, 0.3) is 0 Å². The highest BCUT2D eigenvalue weighted by atomic mass is 28.4. The average Bonchev–Trinajstić information content (AvgIpc) is 2.35. The van der Waals surface area contributed by atoms with Crippen LogP contribution in [0.2, 0.25) is 18.1 Å². The standard InChI is InChI=1S/C14H27NO4Si/c1-14(2,3)20(5,6)19-12-7-8-15(13(17)18-4)11(9-12)10-16/h9,12,16H,7-8,10H2,1-6H3/t12-/m1/s1. The van der Waals surface area contributed by atoms with E-state index in [2.05, 4.69) is 33.9 Å². The van der Waals surface area contributed by atoms with Crippen LogP contribution in [0.15, 0.2) is 11.8 Å². The molecule has 116 valence electrons. The van der Waals surface area contributed by atoms with Gasteiger partial charge in [0.1, 0.15) is 0 Å². The number of aliphatic hydroxyl groups excluding tert-OH is 1. The van der Waals surface area contributed by atoms with Crippen molar-refractivity contribution in [1.29, 1.82) is 0 Å². The number of nitrogens with zero attached hydrogens (tertiary/aromatic N) is 1. The van der Waals surface area contributed by atoms with Crippen molar-refractivity contribution in [2.24, 2.45) is 0 Å². The van der Waals surface area contributed by atoms with E-state index in [4.69, 9.17) is 9.16 Å². The van der Waals surface area contributed by atoms with Crippen molar-refractivity contribution < 1.29 is 19.1 Å². The first-order chi connectivity index (χ1) is 9.12. The van der Waals surface area contributed by atoms with Crippen LogP contribution in [0.3, 0.4) is 0 Å². The van der Waals surface area contributed by atoms with Crippen molar-refractivity contribution in [3.8, 4) is 0 Å². The van der Waals surface area contributed by atoms with E-state index in [9.17, 15) is 9.90 Å². The van der Waals surface area contributed by atoms with E-state index in [0.29, 0.717) is 12.2 Å². The van der Waals surface area contributed by atoms with Crippen molar-refractivity contribution in [2.75, 3.05) is 20.3 Å². The number of carbonyl (C=O) groups excluding carboxylic acids is 1. The summed E-state index contributed by atoms with van der Waals surface area (Å²) in [5.41, 5.74) is 0.562. The van der Waals surface area contributed by atoms with E-state index in [1.54, 1.807) is 0 Å². The molecule has 1 atom stereocenters. The Labute approximate surface area is 122 Å². The van der Waals surface area contributed by atoms with Crippen LogP contribution in [0, 0.1) is 0 Å². The lowest BCUT2D eigenvalue weighted by molar-refractivity contribution is 0.112. The first kappa shape index (κ1) is 17.2. The van der Waals surface area contributed by atoms with Crippen molar-refractivity contribution in [1.82, 2.24) is 4.90 Å². The van der Waals surface area contributed by atoms with Crippen LogP contribution in [0.4, 0.5) is 4.79 Å². The molecular formula is C14H27NO4Si. The smallest absolute Gasteiger partial charge is 0.413 e. The summed E-state index contributed by atoms with van der Waals surface area (Å²) in [5, 5.41) is 9.56. The summed E-state index contributed by atoms with van der Waals surface area (Å²) in [5.74, 6) is 0. The quantitative estimate of drug-likeness (QED) is 0.814. The molecule has 1 N–H and O–H groups in total. The van der Waals surface area contributed by atoms with Crippen LogP contribution < -0.4 is 0 Å². The van der Waals surface area contributed by atoms with Crippen molar-refractivity contribution >= 4 is 14.4 Å². The van der Waals surface area contributed by atoms with Gasteiger partial charge in [-0.3, -0.25) is 4.90 Å². The third kappa shape index (κ3) is 3.83. The Bertz CT molecular complexity index is 387. The van der Waals surface area contributed by atoms with Gasteiger partial charge >= 0.3 is 6.09 Å². The lowest BCUT2D eigenvalue weighted by Crippen LogP contribution is -2.46. The molecule has 0 unspecified atom stereocenters. The molecule has 1 aliphatic heterocycles. The lowest BCUT2D eigenvalue weighted by atomic mass is 10.1. The topological polar surface area (TPSA) is 59.0 Å². The minimum Gasteiger partial charge on any atom is -0.452 e. The van der Waals surface area contributed by atoms with E-state index < -0.39 is 14.4 Å². The van der Waals surface area contributed by atoms with E-state index >= 15 is 0 Å². The Morgan fingerprint density at radius 1 is 1.50 bits per heavy atom. The second kappa shape index (κ2) is 6.28. The fourth-order valence-corrected chi connectivity index (χ4v) is 3.19. The molecular weight excluding hydrogens is 274 g/mol. The maximum atomic E-state index is 11.6. The minimum absolute atomic E-state index is 0.0426. The summed E-state index contributed by atoms with van der Waals surface area (Å²) < 4.78 is 11.0. The molecule has 0 saturated carbocycles. The summed E-state index contributed by atoms with van der Waals surface area (Å²) >= 11 is 0. The molecule has 0 aromatic rings. The molecule has 0 aromatic carbocycles. The Morgan fingerprint density at radius 3 is 2.55 bits per heavy atom. The predicted molar refractivity (Wildman–Crippen MR) is 81.0 cm³/mol. The Morgan fingerprint density at radius 2 is 2.10 bits per heavy atom. The van der Waals surface area contributed by atoms with E-state index in [1.165, 1.54) is 12.0 Å². The number of carbonyl (C=O) groups is 1. The molecule has 0 radical (unpaired) electrons. The first-order valence-corrected chi connectivity index (χ1v) is 9.88. The molecule has 0 saturated heterocycles. The van der Waals surface area contributed by atoms with Gasteiger partial charge in [-0.15, -0.1) is 0 Å². The van der Waals surface area contributed by atoms with Gasteiger partial charge in [-0.05, 0) is 30.6 Å². The third-order valence-electron chi connectivity index (χ3n) is 4.17. The van der Waals surface area contributed by atoms with Gasteiger partial charge < -0.3 is 14.3 Å². The largest absolute Gasteiger partial charge is 0.452 e. The zero-order valence-corrected chi connectivity index (χ0v) is 14.4. The van der Waals surface area contributed by atoms with Crippen LogP contribution in [0.1, 0.15) is 27.2 Å². The van der Waals surface area contributed by atoms with Crippen LogP contribution in [0.5, 0.6) is 0 Å². The molecule has 1 rings (SSSR count). The average molecular weight is 301 g/mol. The molecule has 6 heteroatoms. The van der Waals surface area contributed by atoms with Gasteiger partial charge in [-0.2, -0.15) is 0 Å². The highest BCUT2D eigenvalue weighted by Gasteiger charge is 2.39. The fraction of sp³-hybridized carbons (Fsp3) is 0.786. The predicted octanol–water partition coefficient (Wildman–Crippen LogP) is 2.73. The molecule has 5 nitrogen and oxygen atoms in total. The molecule has 1 amide bonds. The first-order valence-electron chi connectivity index (χ1n) is 6.97. The molecule has 0 fully saturated rings. The van der Waals surface area contributed by atoms with Gasteiger partial charge in [0.15, 0.2) is 8.32 Å². The zero-order chi connectivity index (χ0) is 15.6. The molecule has 0 bridgehead atoms. The molecule has 0 spiro atoms. The van der Waals surface area contributed by atoms with E-state index in [1.807, 2.05) is 6.08 Å². The van der Waals surface area contributed by atoms with Gasteiger partial charge in [0, 0.05) is 12.2 Å². The number of ether oxygens (including phenoxy) is 1. The lowest BCUT2D eigenvalue weighted by Gasteiger charge is -2.40. The minimum atomic E-state index is -1.85. The second-order valence-electron chi connectivity index (χ2n) is 6.64. The summed E-state index contributed by atoms with van der Waals surface area (Å²) in [4.78, 5) is 13.1.